The summed E-state index contributed by atoms with van der Waals surface area (Å²) in [7, 11) is 0. The fourth-order valence-corrected chi connectivity index (χ4v) is 2.44. The predicted molar refractivity (Wildman–Crippen MR) is 78.0 cm³/mol. The highest BCUT2D eigenvalue weighted by Gasteiger charge is 2.37. The summed E-state index contributed by atoms with van der Waals surface area (Å²) in [6.07, 6.45) is 4.95. The zero-order chi connectivity index (χ0) is 13.6. The van der Waals surface area contributed by atoms with Crippen LogP contribution in [0.3, 0.4) is 0 Å². The van der Waals surface area contributed by atoms with Gasteiger partial charge in [-0.2, -0.15) is 0 Å². The van der Waals surface area contributed by atoms with Gasteiger partial charge in [-0.3, -0.25) is 0 Å². The van der Waals surface area contributed by atoms with E-state index >= 15 is 0 Å². The standard InChI is InChI=1S/C17H30/c1-15(2,3)12-10-13(16(4,5)6)14(11-12)17(7,8)9/h10-11,13H,1-9H3/t13-/m0/s1. The summed E-state index contributed by atoms with van der Waals surface area (Å²) >= 11 is 0. The van der Waals surface area contributed by atoms with Crippen LogP contribution in [0.15, 0.2) is 23.3 Å². The minimum Gasteiger partial charge on any atom is -0.0730 e. The lowest BCUT2D eigenvalue weighted by atomic mass is 9.70. The van der Waals surface area contributed by atoms with Gasteiger partial charge in [0.15, 0.2) is 0 Å². The van der Waals surface area contributed by atoms with Crippen molar-refractivity contribution >= 4 is 0 Å². The van der Waals surface area contributed by atoms with Gasteiger partial charge in [-0.05, 0) is 21.8 Å². The lowest BCUT2D eigenvalue weighted by molar-refractivity contribution is 0.291. The SMILES string of the molecule is CC(C)(C)C1=C[C@H](C(C)(C)C)C(C(C)(C)C)=C1. The van der Waals surface area contributed by atoms with Gasteiger partial charge in [0.1, 0.15) is 0 Å². The Labute approximate surface area is 108 Å². The first kappa shape index (κ1) is 14.5. The van der Waals surface area contributed by atoms with Crippen molar-refractivity contribution in [3.05, 3.63) is 23.3 Å². The molecule has 0 amide bonds. The Morgan fingerprint density at radius 1 is 0.765 bits per heavy atom. The van der Waals surface area contributed by atoms with Crippen molar-refractivity contribution in [2.45, 2.75) is 62.3 Å². The van der Waals surface area contributed by atoms with Crippen LogP contribution >= 0.6 is 0 Å². The highest BCUT2D eigenvalue weighted by atomic mass is 14.4. The molecule has 0 aromatic carbocycles. The van der Waals surface area contributed by atoms with E-state index in [1.807, 2.05) is 0 Å². The number of hydrogen-bond donors (Lipinski definition) is 0. The maximum Gasteiger partial charge on any atom is 0.00398 e. The average molecular weight is 234 g/mol. The van der Waals surface area contributed by atoms with Crippen molar-refractivity contribution in [3.63, 3.8) is 0 Å². The van der Waals surface area contributed by atoms with Crippen LogP contribution in [-0.2, 0) is 0 Å². The van der Waals surface area contributed by atoms with Crippen LogP contribution in [-0.4, -0.2) is 0 Å². The molecular weight excluding hydrogens is 204 g/mol. The Morgan fingerprint density at radius 2 is 1.24 bits per heavy atom. The summed E-state index contributed by atoms with van der Waals surface area (Å²) in [6.45, 7) is 20.9. The molecule has 0 aromatic rings. The molecule has 0 spiro atoms. The predicted octanol–water partition coefficient (Wildman–Crippen LogP) is 5.61. The molecule has 0 saturated carbocycles. The molecule has 0 bridgehead atoms. The Balaban J connectivity index is 3.22. The Morgan fingerprint density at radius 3 is 1.47 bits per heavy atom. The molecule has 0 nitrogen and oxygen atoms in total. The summed E-state index contributed by atoms with van der Waals surface area (Å²) in [5.41, 5.74) is 3.93. The minimum absolute atomic E-state index is 0.260. The highest BCUT2D eigenvalue weighted by Crippen LogP contribution is 2.48. The lowest BCUT2D eigenvalue weighted by Gasteiger charge is -2.35. The van der Waals surface area contributed by atoms with Gasteiger partial charge in [-0.15, -0.1) is 0 Å². The van der Waals surface area contributed by atoms with Crippen molar-refractivity contribution in [1.82, 2.24) is 0 Å². The van der Waals surface area contributed by atoms with Crippen molar-refractivity contribution < 1.29 is 0 Å². The van der Waals surface area contributed by atoms with E-state index in [0.717, 1.165) is 0 Å². The third kappa shape index (κ3) is 3.24. The van der Waals surface area contributed by atoms with E-state index in [-0.39, 0.29) is 10.8 Å². The molecule has 0 saturated heterocycles. The third-order valence-electron chi connectivity index (χ3n) is 3.66. The van der Waals surface area contributed by atoms with Crippen molar-refractivity contribution in [1.29, 1.82) is 0 Å². The molecule has 98 valence electrons. The molecule has 0 heterocycles. The van der Waals surface area contributed by atoms with Crippen molar-refractivity contribution in [3.8, 4) is 0 Å². The maximum absolute atomic E-state index is 2.50. The second kappa shape index (κ2) is 4.00. The van der Waals surface area contributed by atoms with Crippen molar-refractivity contribution in [2.75, 3.05) is 0 Å². The summed E-state index contributed by atoms with van der Waals surface area (Å²) in [4.78, 5) is 0. The lowest BCUT2D eigenvalue weighted by Crippen LogP contribution is -2.25. The summed E-state index contributed by atoms with van der Waals surface area (Å²) in [6, 6.07) is 0. The van der Waals surface area contributed by atoms with Crippen molar-refractivity contribution in [2.24, 2.45) is 22.2 Å². The second-order valence-electron chi connectivity index (χ2n) is 8.57. The van der Waals surface area contributed by atoms with Gasteiger partial charge in [0.05, 0.1) is 0 Å². The molecule has 0 aliphatic heterocycles. The molecule has 1 rings (SSSR count). The molecule has 0 fully saturated rings. The summed E-state index contributed by atoms with van der Waals surface area (Å²) in [5.74, 6) is 0.580. The fourth-order valence-electron chi connectivity index (χ4n) is 2.44. The number of allylic oxidation sites excluding steroid dienone is 4. The van der Waals surface area contributed by atoms with Gasteiger partial charge < -0.3 is 0 Å². The second-order valence-corrected chi connectivity index (χ2v) is 8.57. The van der Waals surface area contributed by atoms with Gasteiger partial charge >= 0.3 is 0 Å². The zero-order valence-electron chi connectivity index (χ0n) is 13.2. The normalized spacial score (nSPS) is 22.5. The smallest absolute Gasteiger partial charge is 0.00398 e. The van der Waals surface area contributed by atoms with Gasteiger partial charge in [-0.1, -0.05) is 80.0 Å². The molecular formula is C17H30. The van der Waals surface area contributed by atoms with E-state index < -0.39 is 0 Å². The molecule has 0 N–H and O–H groups in total. The summed E-state index contributed by atoms with van der Waals surface area (Å²) in [5, 5.41) is 0. The average Bonchev–Trinajstić information content (AvgIpc) is 2.42. The summed E-state index contributed by atoms with van der Waals surface area (Å²) < 4.78 is 0. The molecule has 0 heteroatoms. The van der Waals surface area contributed by atoms with E-state index in [0.29, 0.717) is 11.3 Å². The monoisotopic (exact) mass is 234 g/mol. The third-order valence-corrected chi connectivity index (χ3v) is 3.66. The maximum atomic E-state index is 2.50. The van der Waals surface area contributed by atoms with E-state index in [1.54, 1.807) is 5.57 Å². The van der Waals surface area contributed by atoms with Gasteiger partial charge in [0, 0.05) is 5.92 Å². The quantitative estimate of drug-likeness (QED) is 0.511. The van der Waals surface area contributed by atoms with Crippen LogP contribution in [0.4, 0.5) is 0 Å². The van der Waals surface area contributed by atoms with Crippen LogP contribution in [0.2, 0.25) is 0 Å². The largest absolute Gasteiger partial charge is 0.0730 e. The first-order chi connectivity index (χ1) is 7.33. The zero-order valence-corrected chi connectivity index (χ0v) is 13.2. The van der Waals surface area contributed by atoms with E-state index in [4.69, 9.17) is 0 Å². The van der Waals surface area contributed by atoms with Gasteiger partial charge in [0.25, 0.3) is 0 Å². The Bertz CT molecular complexity index is 345. The number of rotatable bonds is 0. The van der Waals surface area contributed by atoms with Crippen LogP contribution < -0.4 is 0 Å². The molecule has 17 heavy (non-hydrogen) atoms. The molecule has 0 aromatic heterocycles. The first-order valence-electron chi connectivity index (χ1n) is 6.78. The number of hydrogen-bond acceptors (Lipinski definition) is 0. The molecule has 0 radical (unpaired) electrons. The van der Waals surface area contributed by atoms with Crippen LogP contribution in [0.5, 0.6) is 0 Å². The first-order valence-corrected chi connectivity index (χ1v) is 6.78. The Kier molecular flexibility index (Phi) is 3.42. The minimum atomic E-state index is 0.260. The van der Waals surface area contributed by atoms with Gasteiger partial charge in [0.2, 0.25) is 0 Å². The van der Waals surface area contributed by atoms with E-state index in [2.05, 4.69) is 74.5 Å². The van der Waals surface area contributed by atoms with E-state index in [9.17, 15) is 0 Å². The van der Waals surface area contributed by atoms with E-state index in [1.165, 1.54) is 5.57 Å². The molecule has 1 aliphatic carbocycles. The van der Waals surface area contributed by atoms with Crippen LogP contribution in [0, 0.1) is 22.2 Å². The highest BCUT2D eigenvalue weighted by molar-refractivity contribution is 5.42. The topological polar surface area (TPSA) is 0 Å². The molecule has 1 aliphatic rings. The van der Waals surface area contributed by atoms with Gasteiger partial charge in [-0.25, -0.2) is 0 Å². The molecule has 1 atom stereocenters. The van der Waals surface area contributed by atoms with Crippen LogP contribution in [0.25, 0.3) is 0 Å². The Hall–Kier alpha value is -0.520. The molecule has 0 unspecified atom stereocenters. The fraction of sp³-hybridized carbons (Fsp3) is 0.765. The van der Waals surface area contributed by atoms with Crippen LogP contribution in [0.1, 0.15) is 62.3 Å².